The lowest BCUT2D eigenvalue weighted by Gasteiger charge is -2.25. The number of halogens is 1. The Balaban J connectivity index is 2.56. The van der Waals surface area contributed by atoms with Crippen molar-refractivity contribution in [3.8, 4) is 5.75 Å². The summed E-state index contributed by atoms with van der Waals surface area (Å²) in [7, 11) is 0. The van der Waals surface area contributed by atoms with Crippen molar-refractivity contribution in [3.63, 3.8) is 0 Å². The minimum Gasteiger partial charge on any atom is -0.508 e. The lowest BCUT2D eigenvalue weighted by atomic mass is 10.0. The third-order valence-corrected chi connectivity index (χ3v) is 3.50. The van der Waals surface area contributed by atoms with E-state index in [4.69, 9.17) is 16.3 Å². The quantitative estimate of drug-likeness (QED) is 0.737. The van der Waals surface area contributed by atoms with Crippen LogP contribution in [-0.4, -0.2) is 29.4 Å². The minimum atomic E-state index is -0.516. The first-order chi connectivity index (χ1) is 10.6. The molecule has 0 spiro atoms. The fraction of sp³-hybridized carbons (Fsp3) is 0.588. The first kappa shape index (κ1) is 19.6. The number of hydrogen-bond acceptors (Lipinski definition) is 4. The summed E-state index contributed by atoms with van der Waals surface area (Å²) >= 11 is 5.95. The summed E-state index contributed by atoms with van der Waals surface area (Å²) in [6.45, 7) is 10.5. The summed E-state index contributed by atoms with van der Waals surface area (Å²) < 4.78 is 5.23. The largest absolute Gasteiger partial charge is 0.508 e. The smallest absolute Gasteiger partial charge is 0.407 e. The first-order valence-corrected chi connectivity index (χ1v) is 8.14. The molecule has 1 aromatic carbocycles. The van der Waals surface area contributed by atoms with Crippen molar-refractivity contribution in [2.75, 3.05) is 6.54 Å². The maximum atomic E-state index is 11.7. The van der Waals surface area contributed by atoms with Crippen LogP contribution in [0.4, 0.5) is 4.79 Å². The van der Waals surface area contributed by atoms with Crippen LogP contribution in [0.2, 0.25) is 5.02 Å². The molecule has 5 nitrogen and oxygen atoms in total. The van der Waals surface area contributed by atoms with Crippen LogP contribution >= 0.6 is 11.6 Å². The molecule has 3 N–H and O–H groups in total. The molecular formula is C17H27ClN2O3. The zero-order valence-electron chi connectivity index (χ0n) is 14.4. The van der Waals surface area contributed by atoms with E-state index in [-0.39, 0.29) is 11.8 Å². The van der Waals surface area contributed by atoms with Crippen LogP contribution in [0.5, 0.6) is 5.75 Å². The fourth-order valence-corrected chi connectivity index (χ4v) is 2.18. The average molecular weight is 343 g/mol. The number of carbonyl (C=O) groups is 1. The van der Waals surface area contributed by atoms with Crippen molar-refractivity contribution in [1.82, 2.24) is 10.6 Å². The van der Waals surface area contributed by atoms with Crippen molar-refractivity contribution >= 4 is 17.7 Å². The van der Waals surface area contributed by atoms with Crippen LogP contribution < -0.4 is 10.6 Å². The maximum Gasteiger partial charge on any atom is 0.407 e. The first-order valence-electron chi connectivity index (χ1n) is 7.76. The number of hydrogen-bond donors (Lipinski definition) is 3. The molecule has 130 valence electrons. The monoisotopic (exact) mass is 342 g/mol. The Hall–Kier alpha value is -1.46. The number of carbonyl (C=O) groups excluding carboxylic acids is 1. The van der Waals surface area contributed by atoms with E-state index in [9.17, 15) is 9.90 Å². The Morgan fingerprint density at radius 2 is 2.00 bits per heavy atom. The van der Waals surface area contributed by atoms with Gasteiger partial charge in [-0.1, -0.05) is 25.4 Å². The number of nitrogens with one attached hydrogen (secondary N) is 2. The zero-order valence-corrected chi connectivity index (χ0v) is 15.2. The van der Waals surface area contributed by atoms with Gasteiger partial charge in [0.25, 0.3) is 0 Å². The van der Waals surface area contributed by atoms with E-state index >= 15 is 0 Å². The molecule has 0 saturated carbocycles. The van der Waals surface area contributed by atoms with Crippen molar-refractivity contribution in [3.05, 3.63) is 28.8 Å². The molecule has 23 heavy (non-hydrogen) atoms. The number of rotatable bonds is 6. The van der Waals surface area contributed by atoms with Crippen LogP contribution in [0.1, 0.15) is 40.2 Å². The molecule has 1 atom stereocenters. The number of amides is 1. The molecule has 1 amide bonds. The van der Waals surface area contributed by atoms with Gasteiger partial charge >= 0.3 is 6.09 Å². The predicted octanol–water partition coefficient (Wildman–Crippen LogP) is 3.68. The Morgan fingerprint density at radius 1 is 1.35 bits per heavy atom. The molecule has 0 bridgehead atoms. The summed E-state index contributed by atoms with van der Waals surface area (Å²) in [6, 6.07) is 4.98. The molecule has 0 aliphatic rings. The Morgan fingerprint density at radius 3 is 2.57 bits per heavy atom. The van der Waals surface area contributed by atoms with Crippen LogP contribution in [0, 0.1) is 5.92 Å². The summed E-state index contributed by atoms with van der Waals surface area (Å²) in [5.74, 6) is 0.496. The van der Waals surface area contributed by atoms with E-state index in [0.717, 1.165) is 5.56 Å². The molecule has 0 saturated heterocycles. The molecular weight excluding hydrogens is 316 g/mol. The Kier molecular flexibility index (Phi) is 7.16. The molecule has 0 fully saturated rings. The van der Waals surface area contributed by atoms with Gasteiger partial charge in [-0.25, -0.2) is 4.79 Å². The normalized spacial score (nSPS) is 13.0. The van der Waals surface area contributed by atoms with Crippen molar-refractivity contribution in [2.45, 2.75) is 52.8 Å². The standard InChI is InChI=1S/C17H27ClN2O3/c1-11(2)14(10-20-16(22)23-17(3,4)5)19-9-12-8-13(18)6-7-15(12)21/h6-8,11,14,19,21H,9-10H2,1-5H3,(H,20,22). The van der Waals surface area contributed by atoms with Gasteiger partial charge in [0.15, 0.2) is 0 Å². The molecule has 0 aromatic heterocycles. The highest BCUT2D eigenvalue weighted by molar-refractivity contribution is 6.30. The predicted molar refractivity (Wildman–Crippen MR) is 92.8 cm³/mol. The molecule has 0 heterocycles. The third-order valence-electron chi connectivity index (χ3n) is 3.27. The topological polar surface area (TPSA) is 70.6 Å². The second kappa shape index (κ2) is 8.41. The molecule has 0 aliphatic carbocycles. The maximum absolute atomic E-state index is 11.7. The van der Waals surface area contributed by atoms with Crippen molar-refractivity contribution in [1.29, 1.82) is 0 Å². The van der Waals surface area contributed by atoms with E-state index in [1.807, 2.05) is 20.8 Å². The van der Waals surface area contributed by atoms with Gasteiger partial charge in [0.1, 0.15) is 11.4 Å². The van der Waals surface area contributed by atoms with E-state index < -0.39 is 11.7 Å². The molecule has 1 rings (SSSR count). The van der Waals surface area contributed by atoms with Gasteiger partial charge < -0.3 is 20.5 Å². The van der Waals surface area contributed by atoms with Crippen LogP contribution in [0.15, 0.2) is 18.2 Å². The van der Waals surface area contributed by atoms with Gasteiger partial charge in [0, 0.05) is 29.7 Å². The number of aromatic hydroxyl groups is 1. The molecule has 1 unspecified atom stereocenters. The third kappa shape index (κ3) is 7.57. The molecule has 0 radical (unpaired) electrons. The van der Waals surface area contributed by atoms with Crippen molar-refractivity contribution < 1.29 is 14.6 Å². The van der Waals surface area contributed by atoms with Gasteiger partial charge in [0.05, 0.1) is 0 Å². The fourth-order valence-electron chi connectivity index (χ4n) is 1.99. The van der Waals surface area contributed by atoms with E-state index in [2.05, 4.69) is 24.5 Å². The van der Waals surface area contributed by atoms with Gasteiger partial charge in [0.2, 0.25) is 0 Å². The number of phenolic OH excluding ortho intramolecular Hbond substituents is 1. The second-order valence-electron chi connectivity index (χ2n) is 6.89. The Bertz CT molecular complexity index is 527. The lowest BCUT2D eigenvalue weighted by molar-refractivity contribution is 0.0519. The lowest BCUT2D eigenvalue weighted by Crippen LogP contribution is -2.45. The summed E-state index contributed by atoms with van der Waals surface area (Å²) in [5.41, 5.74) is 0.206. The van der Waals surface area contributed by atoms with Gasteiger partial charge in [-0.05, 0) is 44.9 Å². The highest BCUT2D eigenvalue weighted by atomic mass is 35.5. The number of alkyl carbamates (subject to hydrolysis) is 1. The van der Waals surface area contributed by atoms with E-state index in [1.165, 1.54) is 0 Å². The molecule has 6 heteroatoms. The average Bonchev–Trinajstić information content (AvgIpc) is 2.40. The Labute approximate surface area is 143 Å². The zero-order chi connectivity index (χ0) is 17.6. The SMILES string of the molecule is CC(C)C(CNC(=O)OC(C)(C)C)NCc1cc(Cl)ccc1O. The van der Waals surface area contributed by atoms with E-state index in [1.54, 1.807) is 18.2 Å². The van der Waals surface area contributed by atoms with Gasteiger partial charge in [-0.3, -0.25) is 0 Å². The van der Waals surface area contributed by atoms with Crippen LogP contribution in [-0.2, 0) is 11.3 Å². The summed E-state index contributed by atoms with van der Waals surface area (Å²) in [5, 5.41) is 16.5. The highest BCUT2D eigenvalue weighted by Crippen LogP contribution is 2.21. The highest BCUT2D eigenvalue weighted by Gasteiger charge is 2.19. The summed E-state index contributed by atoms with van der Waals surface area (Å²) in [4.78, 5) is 11.7. The number of phenols is 1. The van der Waals surface area contributed by atoms with Crippen molar-refractivity contribution in [2.24, 2.45) is 5.92 Å². The minimum absolute atomic E-state index is 0.0425. The van der Waals surface area contributed by atoms with Gasteiger partial charge in [-0.2, -0.15) is 0 Å². The van der Waals surface area contributed by atoms with Crippen LogP contribution in [0.3, 0.4) is 0 Å². The second-order valence-corrected chi connectivity index (χ2v) is 7.32. The van der Waals surface area contributed by atoms with Crippen LogP contribution in [0.25, 0.3) is 0 Å². The van der Waals surface area contributed by atoms with Gasteiger partial charge in [-0.15, -0.1) is 0 Å². The van der Waals surface area contributed by atoms with E-state index in [0.29, 0.717) is 24.0 Å². The molecule has 0 aliphatic heterocycles. The molecule has 1 aromatic rings. The number of ether oxygens (including phenoxy) is 1. The summed E-state index contributed by atoms with van der Waals surface area (Å²) in [6.07, 6.45) is -0.435. The number of benzene rings is 1.